The van der Waals surface area contributed by atoms with E-state index in [2.05, 4.69) is 0 Å². The number of rotatable bonds is 4. The molecule has 0 aliphatic rings. The standard InChI is InChI=1S/C8H17O3/c1-5(9)4-8(6(2)10)7(3)11/h4-11H,1-3H3. The van der Waals surface area contributed by atoms with E-state index in [-0.39, 0.29) is 5.92 Å². The maximum atomic E-state index is 9.13. The highest BCUT2D eigenvalue weighted by Crippen LogP contribution is 2.14. The van der Waals surface area contributed by atoms with Gasteiger partial charge in [0, 0.05) is 5.92 Å². The summed E-state index contributed by atoms with van der Waals surface area (Å²) in [6.07, 6.45) is -0.298. The van der Waals surface area contributed by atoms with Gasteiger partial charge in [-0.15, -0.1) is 0 Å². The topological polar surface area (TPSA) is 60.7 Å². The highest BCUT2D eigenvalue weighted by molar-refractivity contribution is 4.87. The molecule has 0 amide bonds. The van der Waals surface area contributed by atoms with Crippen molar-refractivity contribution in [3.8, 4) is 0 Å². The third kappa shape index (κ3) is 4.35. The Balaban J connectivity index is 3.90. The molecule has 3 atom stereocenters. The number of aliphatic hydroxyl groups is 3. The molecule has 0 spiro atoms. The summed E-state index contributed by atoms with van der Waals surface area (Å²) in [5, 5.41) is 27.2. The molecular weight excluding hydrogens is 144 g/mol. The van der Waals surface area contributed by atoms with E-state index in [1.807, 2.05) is 0 Å². The van der Waals surface area contributed by atoms with Crippen LogP contribution in [0.4, 0.5) is 0 Å². The molecular formula is C8H17O3. The van der Waals surface area contributed by atoms with Crippen LogP contribution in [0.5, 0.6) is 0 Å². The molecule has 3 unspecified atom stereocenters. The molecule has 67 valence electrons. The average Bonchev–Trinajstić information content (AvgIpc) is 1.81. The van der Waals surface area contributed by atoms with E-state index in [4.69, 9.17) is 15.3 Å². The zero-order valence-corrected chi connectivity index (χ0v) is 7.23. The Morgan fingerprint density at radius 2 is 1.27 bits per heavy atom. The Kier molecular flexibility index (Phi) is 4.65. The van der Waals surface area contributed by atoms with Crippen LogP contribution in [0.1, 0.15) is 20.8 Å². The van der Waals surface area contributed by atoms with Gasteiger partial charge >= 0.3 is 0 Å². The molecule has 11 heavy (non-hydrogen) atoms. The first-order valence-corrected chi connectivity index (χ1v) is 3.84. The lowest BCUT2D eigenvalue weighted by Gasteiger charge is -2.23. The molecule has 0 aliphatic carbocycles. The van der Waals surface area contributed by atoms with Crippen molar-refractivity contribution in [2.45, 2.75) is 39.1 Å². The van der Waals surface area contributed by atoms with E-state index < -0.39 is 18.3 Å². The quantitative estimate of drug-likeness (QED) is 0.541. The zero-order valence-electron chi connectivity index (χ0n) is 7.23. The van der Waals surface area contributed by atoms with Gasteiger partial charge in [-0.3, -0.25) is 0 Å². The zero-order chi connectivity index (χ0) is 9.02. The molecule has 3 heteroatoms. The molecule has 0 aromatic rings. The summed E-state index contributed by atoms with van der Waals surface area (Å²) < 4.78 is 0. The fourth-order valence-corrected chi connectivity index (χ4v) is 1.05. The normalized spacial score (nSPS) is 22.4. The first-order chi connectivity index (χ1) is 4.95. The molecule has 3 N–H and O–H groups in total. The number of hydrogen-bond acceptors (Lipinski definition) is 3. The van der Waals surface area contributed by atoms with Gasteiger partial charge in [-0.05, 0) is 27.2 Å². The van der Waals surface area contributed by atoms with Crippen molar-refractivity contribution in [3.05, 3.63) is 6.42 Å². The van der Waals surface area contributed by atoms with Gasteiger partial charge in [0.15, 0.2) is 0 Å². The summed E-state index contributed by atoms with van der Waals surface area (Å²) in [5.74, 6) is -0.352. The van der Waals surface area contributed by atoms with Crippen molar-refractivity contribution in [1.82, 2.24) is 0 Å². The van der Waals surface area contributed by atoms with Gasteiger partial charge in [0.2, 0.25) is 0 Å². The Morgan fingerprint density at radius 3 is 1.36 bits per heavy atom. The Bertz CT molecular complexity index is 91.5. The molecule has 0 saturated carbocycles. The van der Waals surface area contributed by atoms with Crippen LogP contribution >= 0.6 is 0 Å². The van der Waals surface area contributed by atoms with E-state index in [0.29, 0.717) is 0 Å². The summed E-state index contributed by atoms with van der Waals surface area (Å²) in [7, 11) is 0. The van der Waals surface area contributed by atoms with Gasteiger partial charge in [0.25, 0.3) is 0 Å². The minimum atomic E-state index is -0.621. The summed E-state index contributed by atoms with van der Waals surface area (Å²) in [6, 6.07) is 0. The lowest BCUT2D eigenvalue weighted by molar-refractivity contribution is 0.0353. The van der Waals surface area contributed by atoms with E-state index >= 15 is 0 Å². The SMILES string of the molecule is CC(O)[CH]C(C(C)O)C(C)O. The monoisotopic (exact) mass is 161 g/mol. The Labute approximate surface area is 67.7 Å². The van der Waals surface area contributed by atoms with Gasteiger partial charge in [-0.25, -0.2) is 0 Å². The molecule has 3 nitrogen and oxygen atoms in total. The average molecular weight is 161 g/mol. The lowest BCUT2D eigenvalue weighted by atomic mass is 9.92. The highest BCUT2D eigenvalue weighted by atomic mass is 16.3. The van der Waals surface area contributed by atoms with Crippen LogP contribution in [0.3, 0.4) is 0 Å². The van der Waals surface area contributed by atoms with Crippen LogP contribution in [0.15, 0.2) is 0 Å². The number of hydrogen-bond donors (Lipinski definition) is 3. The molecule has 0 aliphatic heterocycles. The summed E-state index contributed by atoms with van der Waals surface area (Å²) in [4.78, 5) is 0. The molecule has 0 heterocycles. The third-order valence-electron chi connectivity index (χ3n) is 1.61. The Hall–Kier alpha value is -0.120. The molecule has 1 radical (unpaired) electrons. The van der Waals surface area contributed by atoms with Gasteiger partial charge in [0.1, 0.15) is 0 Å². The molecule has 0 rings (SSSR count). The van der Waals surface area contributed by atoms with Gasteiger partial charge < -0.3 is 15.3 Å². The fraction of sp³-hybridized carbons (Fsp3) is 0.875. The second-order valence-corrected chi connectivity index (χ2v) is 2.99. The Morgan fingerprint density at radius 1 is 0.909 bits per heavy atom. The molecule has 0 fully saturated rings. The van der Waals surface area contributed by atoms with E-state index in [1.54, 1.807) is 20.8 Å². The minimum absolute atomic E-state index is 0.352. The first-order valence-electron chi connectivity index (χ1n) is 3.84. The van der Waals surface area contributed by atoms with Crippen molar-refractivity contribution in [1.29, 1.82) is 0 Å². The van der Waals surface area contributed by atoms with Gasteiger partial charge in [-0.1, -0.05) is 0 Å². The maximum absolute atomic E-state index is 9.13. The van der Waals surface area contributed by atoms with Crippen molar-refractivity contribution in [2.24, 2.45) is 5.92 Å². The smallest absolute Gasteiger partial charge is 0.0568 e. The molecule has 0 aromatic carbocycles. The third-order valence-corrected chi connectivity index (χ3v) is 1.61. The maximum Gasteiger partial charge on any atom is 0.0568 e. The van der Waals surface area contributed by atoms with Crippen LogP contribution in [0, 0.1) is 12.3 Å². The summed E-state index contributed by atoms with van der Waals surface area (Å²) >= 11 is 0. The van der Waals surface area contributed by atoms with Gasteiger partial charge in [0.05, 0.1) is 18.3 Å². The van der Waals surface area contributed by atoms with Crippen molar-refractivity contribution >= 4 is 0 Å². The summed E-state index contributed by atoms with van der Waals surface area (Å²) in [5.41, 5.74) is 0. The van der Waals surface area contributed by atoms with Crippen LogP contribution in [-0.4, -0.2) is 33.6 Å². The predicted octanol–water partition coefficient (Wildman–Crippen LogP) is -0.0507. The van der Waals surface area contributed by atoms with Crippen molar-refractivity contribution in [3.63, 3.8) is 0 Å². The second-order valence-electron chi connectivity index (χ2n) is 2.99. The largest absolute Gasteiger partial charge is 0.393 e. The second kappa shape index (κ2) is 4.70. The van der Waals surface area contributed by atoms with Crippen molar-refractivity contribution < 1.29 is 15.3 Å². The van der Waals surface area contributed by atoms with Crippen LogP contribution in [-0.2, 0) is 0 Å². The van der Waals surface area contributed by atoms with E-state index in [0.717, 1.165) is 0 Å². The first kappa shape index (κ1) is 10.9. The number of aliphatic hydroxyl groups excluding tert-OH is 3. The van der Waals surface area contributed by atoms with Crippen LogP contribution in [0.2, 0.25) is 0 Å². The molecule has 0 saturated heterocycles. The van der Waals surface area contributed by atoms with Crippen LogP contribution < -0.4 is 0 Å². The molecule has 0 bridgehead atoms. The predicted molar refractivity (Wildman–Crippen MR) is 42.8 cm³/mol. The fourth-order valence-electron chi connectivity index (χ4n) is 1.05. The summed E-state index contributed by atoms with van der Waals surface area (Å²) in [6.45, 7) is 4.78. The van der Waals surface area contributed by atoms with E-state index in [1.165, 1.54) is 6.42 Å². The molecule has 0 aromatic heterocycles. The van der Waals surface area contributed by atoms with Crippen LogP contribution in [0.25, 0.3) is 0 Å². The highest BCUT2D eigenvalue weighted by Gasteiger charge is 2.22. The van der Waals surface area contributed by atoms with E-state index in [9.17, 15) is 0 Å². The van der Waals surface area contributed by atoms with Gasteiger partial charge in [-0.2, -0.15) is 0 Å². The minimum Gasteiger partial charge on any atom is -0.393 e. The lowest BCUT2D eigenvalue weighted by Crippen LogP contribution is -2.31. The van der Waals surface area contributed by atoms with Crippen molar-refractivity contribution in [2.75, 3.05) is 0 Å².